The van der Waals surface area contributed by atoms with E-state index in [1.54, 1.807) is 30.6 Å². The number of carbonyl (C=O) groups is 1. The number of anilines is 1. The Morgan fingerprint density at radius 1 is 1.15 bits per heavy atom. The van der Waals surface area contributed by atoms with E-state index in [0.29, 0.717) is 16.8 Å². The van der Waals surface area contributed by atoms with Gasteiger partial charge in [0.15, 0.2) is 0 Å². The normalized spacial score (nSPS) is 10.7. The van der Waals surface area contributed by atoms with Crippen molar-refractivity contribution < 1.29 is 4.79 Å². The van der Waals surface area contributed by atoms with E-state index in [0.717, 1.165) is 11.1 Å². The molecule has 0 unspecified atom stereocenters. The van der Waals surface area contributed by atoms with Gasteiger partial charge in [-0.3, -0.25) is 9.78 Å². The summed E-state index contributed by atoms with van der Waals surface area (Å²) >= 11 is 0. The Labute approximate surface area is 113 Å². The Balaban J connectivity index is 1.96. The molecule has 0 saturated heterocycles. The molecule has 0 spiro atoms. The highest BCUT2D eigenvalue weighted by molar-refractivity contribution is 6.05. The van der Waals surface area contributed by atoms with E-state index in [2.05, 4.69) is 20.3 Å². The molecule has 3 aromatic rings. The van der Waals surface area contributed by atoms with Crippen molar-refractivity contribution in [3.8, 4) is 0 Å². The summed E-state index contributed by atoms with van der Waals surface area (Å²) in [5.74, 6) is -0.215. The van der Waals surface area contributed by atoms with Gasteiger partial charge in [-0.15, -0.1) is 0 Å². The second-order valence-corrected chi connectivity index (χ2v) is 4.48. The molecule has 6 heteroatoms. The molecule has 20 heavy (non-hydrogen) atoms. The van der Waals surface area contributed by atoms with Crippen LogP contribution in [0.5, 0.6) is 0 Å². The number of aryl methyl sites for hydroxylation is 1. The quantitative estimate of drug-likeness (QED) is 0.662. The van der Waals surface area contributed by atoms with Gasteiger partial charge in [0, 0.05) is 23.6 Å². The molecule has 0 aliphatic carbocycles. The molecule has 100 valence electrons. The molecule has 0 fully saturated rings. The summed E-state index contributed by atoms with van der Waals surface area (Å²) < 4.78 is 0. The second-order valence-electron chi connectivity index (χ2n) is 4.48. The van der Waals surface area contributed by atoms with Gasteiger partial charge < -0.3 is 15.3 Å². The fourth-order valence-electron chi connectivity index (χ4n) is 2.02. The lowest BCUT2D eigenvalue weighted by Crippen LogP contribution is -2.12. The number of H-pyrrole nitrogens is 2. The number of hydrogen-bond donors (Lipinski definition) is 3. The van der Waals surface area contributed by atoms with Crippen LogP contribution in [0.25, 0.3) is 11.0 Å². The predicted octanol–water partition coefficient (Wildman–Crippen LogP) is 1.81. The lowest BCUT2D eigenvalue weighted by Gasteiger charge is -2.08. The molecule has 0 aliphatic heterocycles. The highest BCUT2D eigenvalue weighted by Gasteiger charge is 2.09. The molecule has 0 aliphatic rings. The number of rotatable bonds is 2. The lowest BCUT2D eigenvalue weighted by molar-refractivity contribution is 0.102. The van der Waals surface area contributed by atoms with Gasteiger partial charge in [-0.05, 0) is 36.8 Å². The van der Waals surface area contributed by atoms with Crippen molar-refractivity contribution >= 4 is 22.6 Å². The maximum absolute atomic E-state index is 12.1. The Morgan fingerprint density at radius 3 is 2.50 bits per heavy atom. The summed E-state index contributed by atoms with van der Waals surface area (Å²) in [6.45, 7) is 1.87. The Morgan fingerprint density at radius 2 is 1.80 bits per heavy atom. The first-order chi connectivity index (χ1) is 9.63. The van der Waals surface area contributed by atoms with Crippen molar-refractivity contribution in [1.82, 2.24) is 15.0 Å². The third-order valence-corrected chi connectivity index (χ3v) is 3.05. The number of aromatic amines is 2. The van der Waals surface area contributed by atoms with E-state index in [1.165, 1.54) is 0 Å². The fourth-order valence-corrected chi connectivity index (χ4v) is 2.02. The topological polar surface area (TPSA) is 90.6 Å². The van der Waals surface area contributed by atoms with Gasteiger partial charge in [-0.25, -0.2) is 4.79 Å². The highest BCUT2D eigenvalue weighted by Crippen LogP contribution is 2.20. The molecule has 0 radical (unpaired) electrons. The Bertz CT molecular complexity index is 833. The summed E-state index contributed by atoms with van der Waals surface area (Å²) in [5, 5.41) is 2.83. The molecule has 2 heterocycles. The first-order valence-electron chi connectivity index (χ1n) is 6.07. The number of benzene rings is 1. The van der Waals surface area contributed by atoms with Crippen LogP contribution in [0.1, 0.15) is 15.9 Å². The molecular weight excluding hydrogens is 256 g/mol. The Kier molecular flexibility index (Phi) is 2.83. The van der Waals surface area contributed by atoms with Crippen LogP contribution in [0.3, 0.4) is 0 Å². The third kappa shape index (κ3) is 2.18. The first-order valence-corrected chi connectivity index (χ1v) is 6.07. The lowest BCUT2D eigenvalue weighted by atomic mass is 10.1. The van der Waals surface area contributed by atoms with E-state index in [4.69, 9.17) is 0 Å². The van der Waals surface area contributed by atoms with E-state index in [9.17, 15) is 9.59 Å². The summed E-state index contributed by atoms with van der Waals surface area (Å²) in [5.41, 5.74) is 3.17. The number of aromatic nitrogens is 3. The van der Waals surface area contributed by atoms with Crippen molar-refractivity contribution in [3.63, 3.8) is 0 Å². The van der Waals surface area contributed by atoms with E-state index in [-0.39, 0.29) is 11.6 Å². The number of fused-ring (bicyclic) bond motifs is 1. The number of nitrogens with zero attached hydrogens (tertiary/aromatic N) is 1. The number of amides is 1. The van der Waals surface area contributed by atoms with Crippen LogP contribution in [-0.2, 0) is 0 Å². The minimum Gasteiger partial charge on any atom is -0.322 e. The number of hydrogen-bond acceptors (Lipinski definition) is 3. The molecule has 1 amide bonds. The Hall–Kier alpha value is -2.89. The van der Waals surface area contributed by atoms with Gasteiger partial charge in [0.05, 0.1) is 11.0 Å². The zero-order chi connectivity index (χ0) is 14.1. The van der Waals surface area contributed by atoms with Gasteiger partial charge in [0.2, 0.25) is 0 Å². The molecular formula is C14H12N4O2. The minimum atomic E-state index is -0.267. The molecule has 1 aromatic carbocycles. The fraction of sp³-hybridized carbons (Fsp3) is 0.0714. The van der Waals surface area contributed by atoms with Gasteiger partial charge in [0.1, 0.15) is 0 Å². The standard InChI is InChI=1S/C14H12N4O2/c1-8-6-11-12(18-14(20)17-11)7-10(8)16-13(19)9-2-4-15-5-3-9/h2-7H,1H3,(H,16,19)(H2,17,18,20). The smallest absolute Gasteiger partial charge is 0.322 e. The highest BCUT2D eigenvalue weighted by atomic mass is 16.2. The maximum atomic E-state index is 12.1. The van der Waals surface area contributed by atoms with Crippen molar-refractivity contribution in [3.05, 3.63) is 58.3 Å². The number of nitrogens with one attached hydrogen (secondary N) is 3. The minimum absolute atomic E-state index is 0.215. The van der Waals surface area contributed by atoms with E-state index in [1.807, 2.05) is 13.0 Å². The van der Waals surface area contributed by atoms with Crippen molar-refractivity contribution in [1.29, 1.82) is 0 Å². The van der Waals surface area contributed by atoms with Crippen LogP contribution in [0.4, 0.5) is 5.69 Å². The molecule has 0 atom stereocenters. The van der Waals surface area contributed by atoms with Crippen LogP contribution >= 0.6 is 0 Å². The average molecular weight is 268 g/mol. The maximum Gasteiger partial charge on any atom is 0.323 e. The monoisotopic (exact) mass is 268 g/mol. The largest absolute Gasteiger partial charge is 0.323 e. The summed E-state index contributed by atoms with van der Waals surface area (Å²) in [7, 11) is 0. The zero-order valence-electron chi connectivity index (χ0n) is 10.7. The summed E-state index contributed by atoms with van der Waals surface area (Å²) in [6.07, 6.45) is 3.13. The number of carbonyl (C=O) groups excluding carboxylic acids is 1. The first kappa shape index (κ1) is 12.2. The van der Waals surface area contributed by atoms with E-state index < -0.39 is 0 Å². The average Bonchev–Trinajstić information content (AvgIpc) is 2.79. The van der Waals surface area contributed by atoms with Gasteiger partial charge >= 0.3 is 5.69 Å². The summed E-state index contributed by atoms with van der Waals surface area (Å²) in [4.78, 5) is 32.6. The van der Waals surface area contributed by atoms with Crippen LogP contribution < -0.4 is 11.0 Å². The molecule has 3 N–H and O–H groups in total. The van der Waals surface area contributed by atoms with Gasteiger partial charge in [-0.1, -0.05) is 0 Å². The van der Waals surface area contributed by atoms with Gasteiger partial charge in [-0.2, -0.15) is 0 Å². The molecule has 0 saturated carbocycles. The van der Waals surface area contributed by atoms with Crippen LogP contribution in [0.15, 0.2) is 41.5 Å². The van der Waals surface area contributed by atoms with Gasteiger partial charge in [0.25, 0.3) is 5.91 Å². The molecule has 2 aromatic heterocycles. The molecule has 0 bridgehead atoms. The predicted molar refractivity (Wildman–Crippen MR) is 75.8 cm³/mol. The number of imidazole rings is 1. The van der Waals surface area contributed by atoms with Crippen LogP contribution in [0, 0.1) is 6.92 Å². The zero-order valence-corrected chi connectivity index (χ0v) is 10.7. The molecule has 6 nitrogen and oxygen atoms in total. The van der Waals surface area contributed by atoms with Crippen molar-refractivity contribution in [2.75, 3.05) is 5.32 Å². The van der Waals surface area contributed by atoms with Crippen molar-refractivity contribution in [2.24, 2.45) is 0 Å². The van der Waals surface area contributed by atoms with Crippen LogP contribution in [0.2, 0.25) is 0 Å². The number of pyridine rings is 1. The van der Waals surface area contributed by atoms with E-state index >= 15 is 0 Å². The van der Waals surface area contributed by atoms with Crippen molar-refractivity contribution in [2.45, 2.75) is 6.92 Å². The summed E-state index contributed by atoms with van der Waals surface area (Å²) in [6, 6.07) is 6.83. The molecule has 3 rings (SSSR count). The van der Waals surface area contributed by atoms with Crippen LogP contribution in [-0.4, -0.2) is 20.9 Å². The SMILES string of the molecule is Cc1cc2[nH]c(=O)[nH]c2cc1NC(=O)c1ccncc1. The third-order valence-electron chi connectivity index (χ3n) is 3.05. The second kappa shape index (κ2) is 4.65.